The smallest absolute Gasteiger partial charge is 0.214 e. The van der Waals surface area contributed by atoms with E-state index in [-0.39, 0.29) is 29.6 Å². The lowest BCUT2D eigenvalue weighted by Gasteiger charge is -2.44. The highest BCUT2D eigenvalue weighted by Gasteiger charge is 2.46. The van der Waals surface area contributed by atoms with Gasteiger partial charge in [0, 0.05) is 35.5 Å². The molecule has 0 saturated heterocycles. The minimum absolute atomic E-state index is 0.0743. The zero-order valence-electron chi connectivity index (χ0n) is 13.9. The molecule has 1 aliphatic carbocycles. The summed E-state index contributed by atoms with van der Waals surface area (Å²) in [5.41, 5.74) is 1.48. The summed E-state index contributed by atoms with van der Waals surface area (Å²) in [5.74, 6) is 0.864. The molecule has 5 nitrogen and oxygen atoms in total. The Balaban J connectivity index is 1.78. The number of anilines is 2. The Hall–Kier alpha value is -2.63. The Morgan fingerprint density at radius 1 is 1.32 bits per heavy atom. The molecule has 2 aromatic rings. The average Bonchev–Trinajstić information content (AvgIpc) is 3.41. The van der Waals surface area contributed by atoms with Crippen LogP contribution in [-0.2, 0) is 4.79 Å². The van der Waals surface area contributed by atoms with Crippen molar-refractivity contribution in [3.63, 3.8) is 0 Å². The van der Waals surface area contributed by atoms with Crippen LogP contribution in [0.25, 0.3) is 0 Å². The summed E-state index contributed by atoms with van der Waals surface area (Å²) in [6.45, 7) is 2.08. The number of carbonyl (C=O) groups is 1. The molecule has 0 unspecified atom stereocenters. The van der Waals surface area contributed by atoms with E-state index in [2.05, 4.69) is 17.2 Å². The van der Waals surface area contributed by atoms with Crippen LogP contribution in [0, 0.1) is 17.7 Å². The van der Waals surface area contributed by atoms with E-state index in [0.29, 0.717) is 11.7 Å². The number of hydrogen-bond acceptors (Lipinski definition) is 4. The molecule has 25 heavy (non-hydrogen) atoms. The molecule has 1 amide bonds. The van der Waals surface area contributed by atoms with Gasteiger partial charge in [0.1, 0.15) is 17.4 Å². The summed E-state index contributed by atoms with van der Waals surface area (Å²) in [7, 11) is 0. The predicted octanol–water partition coefficient (Wildman–Crippen LogP) is 3.47. The standard InChI is InChI=1S/C19H20FN3O2/c1-11-18(22-17-9-14(25)6-7-21-17)15-8-13(20)4-5-16(15)23(10-24)19(11)12-2-3-12/h4-12,18-19H,2-3H2,1H3,(H2,21,22,25)/t11-,18-,19-/m1/s1. The van der Waals surface area contributed by atoms with E-state index < -0.39 is 0 Å². The number of pyridine rings is 1. The first kappa shape index (κ1) is 15.9. The molecule has 3 atom stereocenters. The predicted molar refractivity (Wildman–Crippen MR) is 92.9 cm³/mol. The molecule has 2 heterocycles. The Morgan fingerprint density at radius 2 is 2.12 bits per heavy atom. The molecular formula is C19H20FN3O2. The fourth-order valence-corrected chi connectivity index (χ4v) is 3.99. The van der Waals surface area contributed by atoms with Crippen LogP contribution in [0.5, 0.6) is 5.75 Å². The second-order valence-corrected chi connectivity index (χ2v) is 6.92. The Labute approximate surface area is 145 Å². The van der Waals surface area contributed by atoms with E-state index >= 15 is 0 Å². The number of fused-ring (bicyclic) bond motifs is 1. The quantitative estimate of drug-likeness (QED) is 0.836. The van der Waals surface area contributed by atoms with Crippen molar-refractivity contribution in [2.75, 3.05) is 10.2 Å². The lowest BCUT2D eigenvalue weighted by molar-refractivity contribution is -0.108. The topological polar surface area (TPSA) is 65.5 Å². The minimum atomic E-state index is -0.336. The Bertz CT molecular complexity index is 809. The summed E-state index contributed by atoms with van der Waals surface area (Å²) in [5, 5.41) is 13.0. The highest BCUT2D eigenvalue weighted by molar-refractivity contribution is 5.80. The maximum absolute atomic E-state index is 13.9. The summed E-state index contributed by atoms with van der Waals surface area (Å²) in [4.78, 5) is 17.8. The van der Waals surface area contributed by atoms with Crippen molar-refractivity contribution in [3.8, 4) is 5.75 Å². The number of nitrogens with zero attached hydrogens (tertiary/aromatic N) is 2. The Kier molecular flexibility index (Phi) is 3.82. The first-order valence-electron chi connectivity index (χ1n) is 8.53. The van der Waals surface area contributed by atoms with Crippen molar-refractivity contribution in [3.05, 3.63) is 47.9 Å². The van der Waals surface area contributed by atoms with Gasteiger partial charge in [-0.05, 0) is 43.0 Å². The van der Waals surface area contributed by atoms with Gasteiger partial charge in [0.05, 0.1) is 6.04 Å². The van der Waals surface area contributed by atoms with Crippen LogP contribution in [-0.4, -0.2) is 22.5 Å². The van der Waals surface area contributed by atoms with E-state index in [4.69, 9.17) is 0 Å². The first-order valence-corrected chi connectivity index (χ1v) is 8.53. The van der Waals surface area contributed by atoms with E-state index in [1.807, 2.05) is 0 Å². The number of carbonyl (C=O) groups excluding carboxylic acids is 1. The number of aromatic nitrogens is 1. The van der Waals surface area contributed by atoms with E-state index in [0.717, 1.165) is 30.5 Å². The zero-order valence-corrected chi connectivity index (χ0v) is 13.9. The average molecular weight is 341 g/mol. The SMILES string of the molecule is C[C@@H]1[C@@H](Nc2cc(O)ccn2)c2cc(F)ccc2N(C=O)[C@H]1C1CC1. The summed E-state index contributed by atoms with van der Waals surface area (Å²) >= 11 is 0. The number of aromatic hydroxyl groups is 1. The van der Waals surface area contributed by atoms with Crippen LogP contribution in [0.1, 0.15) is 31.4 Å². The summed E-state index contributed by atoms with van der Waals surface area (Å²) < 4.78 is 13.9. The van der Waals surface area contributed by atoms with Crippen molar-refractivity contribution in [1.29, 1.82) is 0 Å². The lowest BCUT2D eigenvalue weighted by Crippen LogP contribution is -2.48. The molecule has 1 saturated carbocycles. The van der Waals surface area contributed by atoms with Gasteiger partial charge in [-0.25, -0.2) is 9.37 Å². The first-order chi connectivity index (χ1) is 12.1. The van der Waals surface area contributed by atoms with Crippen LogP contribution in [0.4, 0.5) is 15.9 Å². The van der Waals surface area contributed by atoms with Gasteiger partial charge in [-0.15, -0.1) is 0 Å². The number of nitrogens with one attached hydrogen (secondary N) is 1. The Morgan fingerprint density at radius 3 is 2.80 bits per heavy atom. The van der Waals surface area contributed by atoms with Crippen molar-refractivity contribution in [1.82, 2.24) is 4.98 Å². The van der Waals surface area contributed by atoms with Gasteiger partial charge in [0.25, 0.3) is 0 Å². The van der Waals surface area contributed by atoms with E-state index in [1.165, 1.54) is 24.4 Å². The third kappa shape index (κ3) is 2.81. The van der Waals surface area contributed by atoms with Gasteiger partial charge in [-0.2, -0.15) is 0 Å². The molecular weight excluding hydrogens is 321 g/mol. The van der Waals surface area contributed by atoms with Gasteiger partial charge < -0.3 is 15.3 Å². The molecule has 2 N–H and O–H groups in total. The fourth-order valence-electron chi connectivity index (χ4n) is 3.99. The van der Waals surface area contributed by atoms with Crippen LogP contribution in [0.2, 0.25) is 0 Å². The number of amides is 1. The van der Waals surface area contributed by atoms with Crippen molar-refractivity contribution in [2.45, 2.75) is 31.8 Å². The minimum Gasteiger partial charge on any atom is -0.508 e. The highest BCUT2D eigenvalue weighted by atomic mass is 19.1. The number of hydrogen-bond donors (Lipinski definition) is 2. The molecule has 6 heteroatoms. The monoisotopic (exact) mass is 341 g/mol. The fraction of sp³-hybridized carbons (Fsp3) is 0.368. The van der Waals surface area contributed by atoms with Crippen LogP contribution < -0.4 is 10.2 Å². The second-order valence-electron chi connectivity index (χ2n) is 6.92. The van der Waals surface area contributed by atoms with Crippen LogP contribution in [0.3, 0.4) is 0 Å². The van der Waals surface area contributed by atoms with E-state index in [9.17, 15) is 14.3 Å². The van der Waals surface area contributed by atoms with Crippen LogP contribution in [0.15, 0.2) is 36.5 Å². The van der Waals surface area contributed by atoms with Crippen LogP contribution >= 0.6 is 0 Å². The van der Waals surface area contributed by atoms with Gasteiger partial charge in [0.15, 0.2) is 0 Å². The highest BCUT2D eigenvalue weighted by Crippen LogP contribution is 2.49. The third-order valence-electron chi connectivity index (χ3n) is 5.25. The lowest BCUT2D eigenvalue weighted by atomic mass is 9.80. The molecule has 0 bridgehead atoms. The van der Waals surface area contributed by atoms with Gasteiger partial charge in [-0.1, -0.05) is 6.92 Å². The molecule has 0 spiro atoms. The number of benzene rings is 1. The zero-order chi connectivity index (χ0) is 17.6. The van der Waals surface area contributed by atoms with Gasteiger partial charge >= 0.3 is 0 Å². The molecule has 4 rings (SSSR count). The molecule has 1 aliphatic heterocycles. The normalized spacial score (nSPS) is 25.4. The number of halogens is 1. The van der Waals surface area contributed by atoms with Crippen molar-refractivity contribution < 1.29 is 14.3 Å². The summed E-state index contributed by atoms with van der Waals surface area (Å²) in [6, 6.07) is 7.47. The summed E-state index contributed by atoms with van der Waals surface area (Å²) in [6.07, 6.45) is 4.59. The third-order valence-corrected chi connectivity index (χ3v) is 5.25. The largest absolute Gasteiger partial charge is 0.508 e. The van der Waals surface area contributed by atoms with Crippen molar-refractivity contribution >= 4 is 17.9 Å². The maximum atomic E-state index is 13.9. The van der Waals surface area contributed by atoms with Gasteiger partial charge in [0.2, 0.25) is 6.41 Å². The maximum Gasteiger partial charge on any atom is 0.214 e. The van der Waals surface area contributed by atoms with Crippen molar-refractivity contribution in [2.24, 2.45) is 11.8 Å². The molecule has 1 aromatic carbocycles. The van der Waals surface area contributed by atoms with E-state index in [1.54, 1.807) is 17.0 Å². The molecule has 130 valence electrons. The molecule has 2 aliphatic rings. The van der Waals surface area contributed by atoms with Gasteiger partial charge in [-0.3, -0.25) is 4.79 Å². The molecule has 1 aromatic heterocycles. The molecule has 1 fully saturated rings. The molecule has 0 radical (unpaired) electrons. The second kappa shape index (κ2) is 6.02. The number of rotatable bonds is 4.